The third kappa shape index (κ3) is 6.04. The third-order valence-corrected chi connectivity index (χ3v) is 3.40. The highest BCUT2D eigenvalue weighted by Gasteiger charge is 2.15. The van der Waals surface area contributed by atoms with Gasteiger partial charge in [-0.3, -0.25) is 9.98 Å². The molecule has 4 heteroatoms. The predicted octanol–water partition coefficient (Wildman–Crippen LogP) is 2.77. The molecule has 0 aliphatic heterocycles. The number of aliphatic imine (C=N–C) groups is 1. The van der Waals surface area contributed by atoms with Crippen molar-refractivity contribution in [3.8, 4) is 0 Å². The molecule has 0 fully saturated rings. The molecular formula is C16H28N4. The first-order chi connectivity index (χ1) is 9.50. The number of hydrogen-bond acceptors (Lipinski definition) is 2. The number of pyridine rings is 1. The van der Waals surface area contributed by atoms with Crippen LogP contribution >= 0.6 is 0 Å². The van der Waals surface area contributed by atoms with E-state index in [1.165, 1.54) is 5.56 Å². The smallest absolute Gasteiger partial charge is 0.188 e. The van der Waals surface area contributed by atoms with Crippen LogP contribution in [0.1, 0.15) is 45.6 Å². The van der Waals surface area contributed by atoms with Crippen LogP contribution in [0.15, 0.2) is 29.5 Å². The molecule has 20 heavy (non-hydrogen) atoms. The highest BCUT2D eigenvalue weighted by molar-refractivity contribution is 5.77. The molecule has 3 N–H and O–H groups in total. The van der Waals surface area contributed by atoms with Gasteiger partial charge in [-0.15, -0.1) is 0 Å². The van der Waals surface area contributed by atoms with Crippen molar-refractivity contribution in [2.45, 2.75) is 40.0 Å². The summed E-state index contributed by atoms with van der Waals surface area (Å²) in [6.45, 7) is 10.4. The first-order valence-electron chi connectivity index (χ1n) is 7.44. The minimum atomic E-state index is 0.356. The van der Waals surface area contributed by atoms with E-state index < -0.39 is 0 Å². The van der Waals surface area contributed by atoms with E-state index in [0.717, 1.165) is 13.0 Å². The zero-order chi connectivity index (χ0) is 15.0. The van der Waals surface area contributed by atoms with Crippen LogP contribution in [0.2, 0.25) is 0 Å². The third-order valence-electron chi connectivity index (χ3n) is 3.40. The Morgan fingerprint density at radius 2 is 2.10 bits per heavy atom. The van der Waals surface area contributed by atoms with Crippen LogP contribution in [-0.4, -0.2) is 24.0 Å². The Morgan fingerprint density at radius 1 is 1.35 bits per heavy atom. The fourth-order valence-corrected chi connectivity index (χ4v) is 2.04. The molecule has 0 saturated carbocycles. The molecule has 1 aromatic heterocycles. The minimum absolute atomic E-state index is 0.356. The van der Waals surface area contributed by atoms with Gasteiger partial charge in [0, 0.05) is 31.4 Å². The first-order valence-corrected chi connectivity index (χ1v) is 7.44. The maximum Gasteiger partial charge on any atom is 0.188 e. The molecule has 0 saturated heterocycles. The van der Waals surface area contributed by atoms with Gasteiger partial charge in [0.1, 0.15) is 0 Å². The Kier molecular flexibility index (Phi) is 7.05. The lowest BCUT2D eigenvalue weighted by Crippen LogP contribution is -2.33. The number of guanidine groups is 1. The Balaban J connectivity index is 2.54. The van der Waals surface area contributed by atoms with Gasteiger partial charge < -0.3 is 11.1 Å². The van der Waals surface area contributed by atoms with Crippen LogP contribution in [-0.2, 0) is 0 Å². The average Bonchev–Trinajstić information content (AvgIpc) is 2.39. The van der Waals surface area contributed by atoms with Gasteiger partial charge in [0.25, 0.3) is 0 Å². The lowest BCUT2D eigenvalue weighted by Gasteiger charge is -2.19. The molecule has 1 aromatic rings. The maximum absolute atomic E-state index is 5.91. The van der Waals surface area contributed by atoms with E-state index in [2.05, 4.69) is 49.1 Å². The second kappa shape index (κ2) is 8.56. The summed E-state index contributed by atoms with van der Waals surface area (Å²) in [6, 6.07) is 4.08. The van der Waals surface area contributed by atoms with Crippen molar-refractivity contribution in [3.63, 3.8) is 0 Å². The second-order valence-electron chi connectivity index (χ2n) is 5.97. The van der Waals surface area contributed by atoms with E-state index in [1.54, 1.807) is 6.20 Å². The molecule has 1 heterocycles. The standard InChI is InChI=1S/C16H28N4/c1-12(2)7-9-19-16(17)20-11-15(13(3)4)14-6-5-8-18-10-14/h5-6,8,10,12-13,15H,7,9,11H2,1-4H3,(H3,17,19,20). The normalized spacial score (nSPS) is 13.8. The molecule has 1 rings (SSSR count). The fraction of sp³-hybridized carbons (Fsp3) is 0.625. The average molecular weight is 276 g/mol. The number of nitrogens with zero attached hydrogens (tertiary/aromatic N) is 2. The molecule has 1 unspecified atom stereocenters. The molecule has 112 valence electrons. The molecule has 0 bridgehead atoms. The SMILES string of the molecule is CC(C)CCNC(N)=NCC(c1cccnc1)C(C)C. The summed E-state index contributed by atoms with van der Waals surface area (Å²) in [7, 11) is 0. The van der Waals surface area contributed by atoms with Crippen molar-refractivity contribution >= 4 is 5.96 Å². The van der Waals surface area contributed by atoms with E-state index in [4.69, 9.17) is 5.73 Å². The summed E-state index contributed by atoms with van der Waals surface area (Å²) in [4.78, 5) is 8.66. The number of rotatable bonds is 7. The van der Waals surface area contributed by atoms with E-state index >= 15 is 0 Å². The van der Waals surface area contributed by atoms with Crippen LogP contribution in [0.3, 0.4) is 0 Å². The quantitative estimate of drug-likeness (QED) is 0.594. The second-order valence-corrected chi connectivity index (χ2v) is 5.97. The number of hydrogen-bond donors (Lipinski definition) is 2. The molecule has 0 aliphatic rings. The summed E-state index contributed by atoms with van der Waals surface area (Å²) in [5, 5.41) is 3.17. The maximum atomic E-state index is 5.91. The van der Waals surface area contributed by atoms with Crippen molar-refractivity contribution in [2.75, 3.05) is 13.1 Å². The van der Waals surface area contributed by atoms with Gasteiger partial charge in [0.05, 0.1) is 0 Å². The van der Waals surface area contributed by atoms with Gasteiger partial charge in [-0.1, -0.05) is 33.8 Å². The van der Waals surface area contributed by atoms with Crippen molar-refractivity contribution < 1.29 is 0 Å². The molecule has 4 nitrogen and oxygen atoms in total. The van der Waals surface area contributed by atoms with Gasteiger partial charge in [0.2, 0.25) is 0 Å². The van der Waals surface area contributed by atoms with E-state index in [9.17, 15) is 0 Å². The Labute approximate surface area is 122 Å². The molecular weight excluding hydrogens is 248 g/mol. The van der Waals surface area contributed by atoms with E-state index in [1.807, 2.05) is 12.3 Å². The van der Waals surface area contributed by atoms with Crippen molar-refractivity contribution in [1.29, 1.82) is 0 Å². The molecule has 0 spiro atoms. The van der Waals surface area contributed by atoms with Gasteiger partial charge in [-0.05, 0) is 29.9 Å². The Hall–Kier alpha value is -1.58. The zero-order valence-corrected chi connectivity index (χ0v) is 13.1. The summed E-state index contributed by atoms with van der Waals surface area (Å²) >= 11 is 0. The first kappa shape index (κ1) is 16.5. The highest BCUT2D eigenvalue weighted by atomic mass is 15.1. The lowest BCUT2D eigenvalue weighted by atomic mass is 9.89. The minimum Gasteiger partial charge on any atom is -0.370 e. The zero-order valence-electron chi connectivity index (χ0n) is 13.1. The lowest BCUT2D eigenvalue weighted by molar-refractivity contribution is 0.504. The summed E-state index contributed by atoms with van der Waals surface area (Å²) < 4.78 is 0. The molecule has 0 radical (unpaired) electrons. The molecule has 0 aromatic carbocycles. The van der Waals surface area contributed by atoms with Crippen LogP contribution in [0.5, 0.6) is 0 Å². The number of aromatic nitrogens is 1. The fourth-order valence-electron chi connectivity index (χ4n) is 2.04. The summed E-state index contributed by atoms with van der Waals surface area (Å²) in [5.41, 5.74) is 7.13. The van der Waals surface area contributed by atoms with Crippen LogP contribution in [0.4, 0.5) is 0 Å². The number of nitrogens with one attached hydrogen (secondary N) is 1. The number of nitrogens with two attached hydrogens (primary N) is 1. The molecule has 0 aliphatic carbocycles. The van der Waals surface area contributed by atoms with Gasteiger partial charge in [-0.2, -0.15) is 0 Å². The largest absolute Gasteiger partial charge is 0.370 e. The van der Waals surface area contributed by atoms with Crippen molar-refractivity contribution in [3.05, 3.63) is 30.1 Å². The molecule has 0 amide bonds. The predicted molar refractivity (Wildman–Crippen MR) is 85.8 cm³/mol. The van der Waals surface area contributed by atoms with Crippen LogP contribution < -0.4 is 11.1 Å². The molecule has 1 atom stereocenters. The monoisotopic (exact) mass is 276 g/mol. The van der Waals surface area contributed by atoms with Gasteiger partial charge >= 0.3 is 0 Å². The van der Waals surface area contributed by atoms with Crippen LogP contribution in [0.25, 0.3) is 0 Å². The van der Waals surface area contributed by atoms with Gasteiger partial charge in [0.15, 0.2) is 5.96 Å². The van der Waals surface area contributed by atoms with Crippen LogP contribution in [0, 0.1) is 11.8 Å². The summed E-state index contributed by atoms with van der Waals surface area (Å²) in [6.07, 6.45) is 4.82. The Bertz CT molecular complexity index is 398. The Morgan fingerprint density at radius 3 is 2.65 bits per heavy atom. The van der Waals surface area contributed by atoms with E-state index in [-0.39, 0.29) is 0 Å². The summed E-state index contributed by atoms with van der Waals surface area (Å²) in [5.74, 6) is 2.08. The van der Waals surface area contributed by atoms with E-state index in [0.29, 0.717) is 30.3 Å². The van der Waals surface area contributed by atoms with Crippen molar-refractivity contribution in [1.82, 2.24) is 10.3 Å². The van der Waals surface area contributed by atoms with Gasteiger partial charge in [-0.25, -0.2) is 0 Å². The van der Waals surface area contributed by atoms with Crippen molar-refractivity contribution in [2.24, 2.45) is 22.6 Å². The topological polar surface area (TPSA) is 63.3 Å². The highest BCUT2D eigenvalue weighted by Crippen LogP contribution is 2.23.